The van der Waals surface area contributed by atoms with Gasteiger partial charge >= 0.3 is 12.4 Å². The molecule has 0 bridgehead atoms. The summed E-state index contributed by atoms with van der Waals surface area (Å²) in [7, 11) is 0. The second-order valence-corrected chi connectivity index (χ2v) is 5.45. The number of rotatable bonds is 2. The molecule has 0 atom stereocenters. The Kier molecular flexibility index (Phi) is 6.92. The smallest absolute Gasteiger partial charge is 0.284 e. The molecular formula is C16H9BrF6O2. The van der Waals surface area contributed by atoms with Crippen LogP contribution >= 0.6 is 15.9 Å². The van der Waals surface area contributed by atoms with Crippen LogP contribution in [0.3, 0.4) is 0 Å². The van der Waals surface area contributed by atoms with Gasteiger partial charge in [0, 0.05) is 15.6 Å². The van der Waals surface area contributed by atoms with Crippen molar-refractivity contribution in [2.75, 3.05) is 0 Å². The van der Waals surface area contributed by atoms with Crippen molar-refractivity contribution in [2.45, 2.75) is 12.4 Å². The molecule has 0 aromatic heterocycles. The highest BCUT2D eigenvalue weighted by atomic mass is 79.9. The largest absolute Gasteiger partial charge is 0.454 e. The Balaban J connectivity index is 0.000000251. The van der Waals surface area contributed by atoms with Crippen molar-refractivity contribution in [2.24, 2.45) is 0 Å². The molecule has 0 radical (unpaired) electrons. The lowest BCUT2D eigenvalue weighted by Crippen LogP contribution is -2.22. The normalized spacial score (nSPS) is 11.3. The van der Waals surface area contributed by atoms with Crippen LogP contribution in [0.15, 0.2) is 59.1 Å². The molecule has 2 aromatic carbocycles. The Labute approximate surface area is 146 Å². The van der Waals surface area contributed by atoms with E-state index in [0.29, 0.717) is 4.47 Å². The number of carbonyl (C=O) groups excluding carboxylic acids is 2. The number of benzene rings is 2. The van der Waals surface area contributed by atoms with E-state index in [1.54, 1.807) is 12.1 Å². The van der Waals surface area contributed by atoms with Gasteiger partial charge in [-0.2, -0.15) is 26.3 Å². The van der Waals surface area contributed by atoms with Gasteiger partial charge in [0.05, 0.1) is 0 Å². The minimum absolute atomic E-state index is 0.329. The molecule has 0 saturated carbocycles. The molecule has 2 nitrogen and oxygen atoms in total. The highest BCUT2D eigenvalue weighted by Gasteiger charge is 2.39. The van der Waals surface area contributed by atoms with E-state index in [2.05, 4.69) is 15.9 Å². The molecule has 0 aliphatic heterocycles. The average molecular weight is 427 g/mol. The molecule has 0 unspecified atom stereocenters. The number of halogens is 7. The second-order valence-electron chi connectivity index (χ2n) is 4.53. The topological polar surface area (TPSA) is 34.1 Å². The van der Waals surface area contributed by atoms with Gasteiger partial charge < -0.3 is 0 Å². The van der Waals surface area contributed by atoms with Crippen LogP contribution in [0.25, 0.3) is 0 Å². The van der Waals surface area contributed by atoms with Gasteiger partial charge in [0.15, 0.2) is 0 Å². The molecule has 9 heteroatoms. The molecular weight excluding hydrogens is 418 g/mol. The van der Waals surface area contributed by atoms with E-state index < -0.39 is 23.9 Å². The summed E-state index contributed by atoms with van der Waals surface area (Å²) in [6.45, 7) is 0. The zero-order valence-electron chi connectivity index (χ0n) is 12.2. The van der Waals surface area contributed by atoms with Crippen LogP contribution < -0.4 is 0 Å². The Morgan fingerprint density at radius 2 is 1.12 bits per heavy atom. The number of ketones is 2. The van der Waals surface area contributed by atoms with E-state index in [1.807, 2.05) is 0 Å². The molecule has 2 aromatic rings. The van der Waals surface area contributed by atoms with Crippen molar-refractivity contribution in [3.8, 4) is 0 Å². The summed E-state index contributed by atoms with van der Waals surface area (Å²) in [4.78, 5) is 21.2. The third-order valence-corrected chi connectivity index (χ3v) is 3.13. The zero-order chi connectivity index (χ0) is 19.3. The van der Waals surface area contributed by atoms with E-state index >= 15 is 0 Å². The molecule has 0 heterocycles. The van der Waals surface area contributed by atoms with E-state index in [0.717, 1.165) is 24.3 Å². The van der Waals surface area contributed by atoms with Gasteiger partial charge in [-0.1, -0.05) is 58.4 Å². The van der Waals surface area contributed by atoms with Crippen molar-refractivity contribution in [3.63, 3.8) is 0 Å². The lowest BCUT2D eigenvalue weighted by molar-refractivity contribution is -0.0888. The Bertz CT molecular complexity index is 738. The van der Waals surface area contributed by atoms with E-state index in [-0.39, 0.29) is 11.1 Å². The maximum Gasteiger partial charge on any atom is 0.454 e. The molecule has 0 saturated heterocycles. The first kappa shape index (κ1) is 20.9. The number of carbonyl (C=O) groups is 2. The Morgan fingerprint density at radius 1 is 0.680 bits per heavy atom. The van der Waals surface area contributed by atoms with Crippen LogP contribution in [0.2, 0.25) is 0 Å². The SMILES string of the molecule is O=C(c1cccc(Br)c1)C(F)(F)F.O=C(c1ccccc1)C(F)(F)F. The fourth-order valence-corrected chi connectivity index (χ4v) is 1.95. The lowest BCUT2D eigenvalue weighted by atomic mass is 10.1. The number of Topliss-reactive ketones (excluding diaryl/α,β-unsaturated/α-hetero) is 2. The molecule has 25 heavy (non-hydrogen) atoms. The quantitative estimate of drug-likeness (QED) is 0.460. The molecule has 0 aliphatic rings. The highest BCUT2D eigenvalue weighted by molar-refractivity contribution is 9.10. The van der Waals surface area contributed by atoms with Crippen molar-refractivity contribution in [1.29, 1.82) is 0 Å². The molecule has 0 aliphatic carbocycles. The van der Waals surface area contributed by atoms with E-state index in [4.69, 9.17) is 0 Å². The van der Waals surface area contributed by atoms with Gasteiger partial charge in [0.25, 0.3) is 11.6 Å². The minimum Gasteiger partial charge on any atom is -0.284 e. The number of hydrogen-bond acceptors (Lipinski definition) is 2. The van der Waals surface area contributed by atoms with Gasteiger partial charge in [0.1, 0.15) is 0 Å². The molecule has 0 spiro atoms. The third kappa shape index (κ3) is 6.69. The first-order chi connectivity index (χ1) is 11.4. The Morgan fingerprint density at radius 3 is 1.56 bits per heavy atom. The zero-order valence-corrected chi connectivity index (χ0v) is 13.7. The number of hydrogen-bond donors (Lipinski definition) is 0. The fraction of sp³-hybridized carbons (Fsp3) is 0.125. The summed E-state index contributed by atoms with van der Waals surface area (Å²) in [6.07, 6.45) is -9.58. The van der Waals surface area contributed by atoms with Crippen LogP contribution in [-0.2, 0) is 0 Å². The summed E-state index contributed by atoms with van der Waals surface area (Å²) < 4.78 is 71.5. The first-order valence-corrected chi connectivity index (χ1v) is 7.26. The lowest BCUT2D eigenvalue weighted by Gasteiger charge is -2.04. The van der Waals surface area contributed by atoms with Crippen LogP contribution in [-0.4, -0.2) is 23.9 Å². The third-order valence-electron chi connectivity index (χ3n) is 2.64. The summed E-state index contributed by atoms with van der Waals surface area (Å²) in [5.41, 5.74) is -0.688. The molecule has 2 rings (SSSR count). The Hall–Kier alpha value is -2.16. The molecule has 0 fully saturated rings. The predicted molar refractivity (Wildman–Crippen MR) is 81.4 cm³/mol. The summed E-state index contributed by atoms with van der Waals surface area (Å²) in [5, 5.41) is 0. The predicted octanol–water partition coefficient (Wildman–Crippen LogP) is 5.63. The first-order valence-electron chi connectivity index (χ1n) is 6.46. The summed E-state index contributed by atoms with van der Waals surface area (Å²) in [6, 6.07) is 11.8. The second kappa shape index (κ2) is 8.28. The van der Waals surface area contributed by atoms with Crippen LogP contribution in [0.4, 0.5) is 26.3 Å². The number of alkyl halides is 6. The summed E-state index contributed by atoms with van der Waals surface area (Å²) >= 11 is 2.98. The van der Waals surface area contributed by atoms with Crippen molar-refractivity contribution in [3.05, 3.63) is 70.2 Å². The van der Waals surface area contributed by atoms with Gasteiger partial charge in [-0.3, -0.25) is 9.59 Å². The minimum atomic E-state index is -4.80. The van der Waals surface area contributed by atoms with Gasteiger partial charge in [-0.15, -0.1) is 0 Å². The van der Waals surface area contributed by atoms with Crippen molar-refractivity contribution in [1.82, 2.24) is 0 Å². The molecule has 134 valence electrons. The van der Waals surface area contributed by atoms with Crippen molar-refractivity contribution < 1.29 is 35.9 Å². The van der Waals surface area contributed by atoms with E-state index in [1.165, 1.54) is 18.2 Å². The maximum atomic E-state index is 11.9. The van der Waals surface area contributed by atoms with Gasteiger partial charge in [0.2, 0.25) is 0 Å². The van der Waals surface area contributed by atoms with Crippen molar-refractivity contribution >= 4 is 27.5 Å². The average Bonchev–Trinajstić information content (AvgIpc) is 2.53. The van der Waals surface area contributed by atoms with Crippen LogP contribution in [0, 0.1) is 0 Å². The fourth-order valence-electron chi connectivity index (χ4n) is 1.55. The monoisotopic (exact) mass is 426 g/mol. The maximum absolute atomic E-state index is 11.9. The standard InChI is InChI=1S/C8H4BrF3O.C8H5F3O/c9-6-3-1-2-5(4-6)7(13)8(10,11)12;9-8(10,11)7(12)6-4-2-1-3-5-6/h1-4H;1-5H. The molecule has 0 amide bonds. The summed E-state index contributed by atoms with van der Waals surface area (Å²) in [5.74, 6) is -3.63. The van der Waals surface area contributed by atoms with Crippen LogP contribution in [0.5, 0.6) is 0 Å². The van der Waals surface area contributed by atoms with Gasteiger partial charge in [-0.05, 0) is 12.1 Å². The van der Waals surface area contributed by atoms with E-state index in [9.17, 15) is 35.9 Å². The van der Waals surface area contributed by atoms with Crippen LogP contribution in [0.1, 0.15) is 20.7 Å². The molecule has 0 N–H and O–H groups in total. The highest BCUT2D eigenvalue weighted by Crippen LogP contribution is 2.23. The van der Waals surface area contributed by atoms with Gasteiger partial charge in [-0.25, -0.2) is 0 Å².